The Morgan fingerprint density at radius 1 is 1.07 bits per heavy atom. The highest BCUT2D eigenvalue weighted by Gasteiger charge is 2.21. The van der Waals surface area contributed by atoms with Gasteiger partial charge >= 0.3 is 0 Å². The van der Waals surface area contributed by atoms with Crippen molar-refractivity contribution in [2.45, 2.75) is 71.3 Å². The van der Waals surface area contributed by atoms with Crippen LogP contribution in [-0.4, -0.2) is 6.04 Å². The van der Waals surface area contributed by atoms with E-state index in [4.69, 9.17) is 5.73 Å². The van der Waals surface area contributed by atoms with Gasteiger partial charge in [-0.15, -0.1) is 0 Å². The highest BCUT2D eigenvalue weighted by Crippen LogP contribution is 2.28. The molecule has 1 aliphatic rings. The first-order valence-corrected chi connectivity index (χ1v) is 6.45. The van der Waals surface area contributed by atoms with Crippen molar-refractivity contribution in [1.29, 1.82) is 0 Å². The van der Waals surface area contributed by atoms with Crippen LogP contribution in [0.25, 0.3) is 0 Å². The maximum absolute atomic E-state index is 6.20. The summed E-state index contributed by atoms with van der Waals surface area (Å²) in [7, 11) is 0. The minimum atomic E-state index is 0.504. The number of hydrogen-bond acceptors (Lipinski definition) is 1. The quantitative estimate of drug-likeness (QED) is 0.645. The third kappa shape index (κ3) is 4.45. The van der Waals surface area contributed by atoms with Gasteiger partial charge < -0.3 is 5.73 Å². The molecule has 0 aromatic rings. The van der Waals surface area contributed by atoms with E-state index in [1.807, 2.05) is 0 Å². The molecule has 1 rings (SSSR count). The van der Waals surface area contributed by atoms with Gasteiger partial charge in [-0.05, 0) is 31.1 Å². The van der Waals surface area contributed by atoms with Gasteiger partial charge in [-0.25, -0.2) is 0 Å². The van der Waals surface area contributed by atoms with Gasteiger partial charge in [-0.1, -0.05) is 46.0 Å². The van der Waals surface area contributed by atoms with Crippen LogP contribution in [0.4, 0.5) is 0 Å². The van der Waals surface area contributed by atoms with Gasteiger partial charge in [0.25, 0.3) is 0 Å². The van der Waals surface area contributed by atoms with E-state index in [1.54, 1.807) is 0 Å². The van der Waals surface area contributed by atoms with Crippen LogP contribution in [0, 0.1) is 11.8 Å². The molecule has 1 heteroatoms. The lowest BCUT2D eigenvalue weighted by Gasteiger charge is -2.18. The summed E-state index contributed by atoms with van der Waals surface area (Å²) >= 11 is 0. The Hall–Kier alpha value is -0.0400. The molecule has 0 saturated heterocycles. The van der Waals surface area contributed by atoms with Crippen molar-refractivity contribution in [3.63, 3.8) is 0 Å². The Morgan fingerprint density at radius 2 is 1.64 bits per heavy atom. The molecule has 14 heavy (non-hydrogen) atoms. The van der Waals surface area contributed by atoms with Gasteiger partial charge in [0.15, 0.2) is 0 Å². The van der Waals surface area contributed by atoms with E-state index in [2.05, 4.69) is 13.8 Å². The number of nitrogens with two attached hydrogens (primary N) is 1. The molecular formula is C13H27N. The van der Waals surface area contributed by atoms with Crippen molar-refractivity contribution in [3.05, 3.63) is 0 Å². The lowest BCUT2D eigenvalue weighted by Crippen LogP contribution is -2.28. The molecule has 1 fully saturated rings. The van der Waals surface area contributed by atoms with E-state index < -0.39 is 0 Å². The van der Waals surface area contributed by atoms with Crippen molar-refractivity contribution in [1.82, 2.24) is 0 Å². The lowest BCUT2D eigenvalue weighted by atomic mass is 9.93. The van der Waals surface area contributed by atoms with Crippen molar-refractivity contribution >= 4 is 0 Å². The predicted octanol–water partition coefficient (Wildman–Crippen LogP) is 3.72. The Bertz CT molecular complexity index is 136. The summed E-state index contributed by atoms with van der Waals surface area (Å²) < 4.78 is 0. The van der Waals surface area contributed by atoms with E-state index in [-0.39, 0.29) is 0 Å². The fourth-order valence-corrected chi connectivity index (χ4v) is 2.55. The Morgan fingerprint density at radius 3 is 2.21 bits per heavy atom. The zero-order valence-electron chi connectivity index (χ0n) is 9.97. The predicted molar refractivity (Wildman–Crippen MR) is 63.2 cm³/mol. The molecule has 0 aromatic carbocycles. The average Bonchev–Trinajstić information content (AvgIpc) is 2.64. The minimum absolute atomic E-state index is 0.504. The lowest BCUT2D eigenvalue weighted by molar-refractivity contribution is 0.390. The highest BCUT2D eigenvalue weighted by atomic mass is 14.6. The SMILES string of the molecule is CC(C)CCCCC(N)C1CCCC1. The molecule has 1 unspecified atom stereocenters. The van der Waals surface area contributed by atoms with Crippen LogP contribution < -0.4 is 5.73 Å². The second kappa shape index (κ2) is 6.44. The van der Waals surface area contributed by atoms with Crippen molar-refractivity contribution < 1.29 is 0 Å². The molecule has 0 aliphatic heterocycles. The van der Waals surface area contributed by atoms with Gasteiger partial charge in [0.2, 0.25) is 0 Å². The molecule has 1 nitrogen and oxygen atoms in total. The monoisotopic (exact) mass is 197 g/mol. The van der Waals surface area contributed by atoms with Crippen LogP contribution in [0.5, 0.6) is 0 Å². The molecule has 84 valence electrons. The van der Waals surface area contributed by atoms with E-state index in [0.29, 0.717) is 6.04 Å². The van der Waals surface area contributed by atoms with Crippen molar-refractivity contribution in [2.75, 3.05) is 0 Å². The average molecular weight is 197 g/mol. The normalized spacial score (nSPS) is 20.6. The van der Waals surface area contributed by atoms with E-state index >= 15 is 0 Å². The molecule has 0 spiro atoms. The topological polar surface area (TPSA) is 26.0 Å². The molecule has 0 bridgehead atoms. The maximum Gasteiger partial charge on any atom is 0.00671 e. The summed E-state index contributed by atoms with van der Waals surface area (Å²) in [4.78, 5) is 0. The Kier molecular flexibility index (Phi) is 5.54. The van der Waals surface area contributed by atoms with Crippen molar-refractivity contribution in [3.8, 4) is 0 Å². The molecule has 0 amide bonds. The molecular weight excluding hydrogens is 170 g/mol. The van der Waals surface area contributed by atoms with Crippen molar-refractivity contribution in [2.24, 2.45) is 17.6 Å². The fraction of sp³-hybridized carbons (Fsp3) is 1.00. The first-order valence-electron chi connectivity index (χ1n) is 6.45. The first-order chi connectivity index (χ1) is 6.70. The van der Waals surface area contributed by atoms with Gasteiger partial charge in [0, 0.05) is 6.04 Å². The van der Waals surface area contributed by atoms with Crippen LogP contribution in [0.3, 0.4) is 0 Å². The van der Waals surface area contributed by atoms with Gasteiger partial charge in [-0.2, -0.15) is 0 Å². The van der Waals surface area contributed by atoms with Gasteiger partial charge in [0.05, 0.1) is 0 Å². The summed E-state index contributed by atoms with van der Waals surface area (Å²) in [6.45, 7) is 4.60. The molecule has 1 saturated carbocycles. The summed E-state index contributed by atoms with van der Waals surface area (Å²) in [5.41, 5.74) is 6.20. The molecule has 0 aromatic heterocycles. The minimum Gasteiger partial charge on any atom is -0.327 e. The Balaban J connectivity index is 1.99. The third-order valence-electron chi connectivity index (χ3n) is 3.57. The molecule has 2 N–H and O–H groups in total. The molecule has 0 radical (unpaired) electrons. The third-order valence-corrected chi connectivity index (χ3v) is 3.57. The molecule has 1 aliphatic carbocycles. The number of unbranched alkanes of at least 4 members (excludes halogenated alkanes) is 1. The van der Waals surface area contributed by atoms with E-state index in [9.17, 15) is 0 Å². The summed E-state index contributed by atoms with van der Waals surface area (Å²) in [6.07, 6.45) is 11.0. The first kappa shape index (κ1) is 12.0. The number of hydrogen-bond donors (Lipinski definition) is 1. The molecule has 0 heterocycles. The largest absolute Gasteiger partial charge is 0.327 e. The standard InChI is InChI=1S/C13H27N/c1-11(2)7-3-6-10-13(14)12-8-4-5-9-12/h11-13H,3-10,14H2,1-2H3. The zero-order chi connectivity index (χ0) is 10.4. The van der Waals surface area contributed by atoms with Crippen LogP contribution in [0.1, 0.15) is 65.2 Å². The second-order valence-corrected chi connectivity index (χ2v) is 5.39. The van der Waals surface area contributed by atoms with Crippen LogP contribution in [0.15, 0.2) is 0 Å². The summed E-state index contributed by atoms with van der Waals surface area (Å²) in [5, 5.41) is 0. The summed E-state index contributed by atoms with van der Waals surface area (Å²) in [6, 6.07) is 0.504. The van der Waals surface area contributed by atoms with Gasteiger partial charge in [0.1, 0.15) is 0 Å². The summed E-state index contributed by atoms with van der Waals surface area (Å²) in [5.74, 6) is 1.71. The highest BCUT2D eigenvalue weighted by molar-refractivity contribution is 4.77. The Labute approximate surface area is 89.5 Å². The van der Waals surface area contributed by atoms with E-state index in [0.717, 1.165) is 11.8 Å². The maximum atomic E-state index is 6.20. The smallest absolute Gasteiger partial charge is 0.00671 e. The van der Waals surface area contributed by atoms with Crippen LogP contribution in [-0.2, 0) is 0 Å². The van der Waals surface area contributed by atoms with Crippen LogP contribution >= 0.6 is 0 Å². The zero-order valence-corrected chi connectivity index (χ0v) is 9.97. The number of rotatable bonds is 6. The fourth-order valence-electron chi connectivity index (χ4n) is 2.55. The molecule has 1 atom stereocenters. The van der Waals surface area contributed by atoms with Crippen LogP contribution in [0.2, 0.25) is 0 Å². The second-order valence-electron chi connectivity index (χ2n) is 5.39. The van der Waals surface area contributed by atoms with Gasteiger partial charge in [-0.3, -0.25) is 0 Å². The van der Waals surface area contributed by atoms with E-state index in [1.165, 1.54) is 51.4 Å².